The van der Waals surface area contributed by atoms with Gasteiger partial charge in [-0.3, -0.25) is 0 Å². The summed E-state index contributed by atoms with van der Waals surface area (Å²) in [5.74, 6) is 1.29. The van der Waals surface area contributed by atoms with Crippen LogP contribution in [0.4, 0.5) is 0 Å². The van der Waals surface area contributed by atoms with Gasteiger partial charge in [0.25, 0.3) is 0 Å². The van der Waals surface area contributed by atoms with Gasteiger partial charge in [-0.1, -0.05) is 146 Å². The first-order valence-corrected chi connectivity index (χ1v) is 23.0. The normalized spacial score (nSPS) is 14.3. The molecule has 4 aromatic heterocycles. The second-order valence-electron chi connectivity index (χ2n) is 17.7. The maximum Gasteiger partial charge on any atom is 0.161 e. The zero-order valence-corrected chi connectivity index (χ0v) is 36.4. The van der Waals surface area contributed by atoms with Crippen LogP contribution in [0, 0.1) is 0 Å². The van der Waals surface area contributed by atoms with Crippen molar-refractivity contribution in [3.05, 3.63) is 229 Å². The van der Waals surface area contributed by atoms with E-state index in [0.29, 0.717) is 11.7 Å². The van der Waals surface area contributed by atoms with Crippen LogP contribution in [0.3, 0.4) is 0 Å². The number of nitrogens with one attached hydrogen (secondary N) is 1. The molecule has 7 nitrogen and oxygen atoms in total. The number of aliphatic imine (C=N–C) groups is 2. The van der Waals surface area contributed by atoms with Crippen molar-refractivity contribution in [2.24, 2.45) is 9.98 Å². The summed E-state index contributed by atoms with van der Waals surface area (Å²) >= 11 is 0. The maximum atomic E-state index is 6.84. The molecule has 1 aliphatic rings. The van der Waals surface area contributed by atoms with Gasteiger partial charge < -0.3 is 23.3 Å². The van der Waals surface area contributed by atoms with E-state index in [-0.39, 0.29) is 0 Å². The highest BCUT2D eigenvalue weighted by Gasteiger charge is 2.29. The minimum atomic E-state index is -0.581. The Kier molecular flexibility index (Phi) is 7.71. The Morgan fingerprint density at radius 1 is 0.412 bits per heavy atom. The first-order chi connectivity index (χ1) is 33.7. The van der Waals surface area contributed by atoms with Gasteiger partial charge in [0, 0.05) is 71.5 Å². The number of para-hydroxylation sites is 7. The van der Waals surface area contributed by atoms with Gasteiger partial charge in [0.1, 0.15) is 28.2 Å². The Bertz CT molecular complexity index is 4490. The maximum absolute atomic E-state index is 6.84. The van der Waals surface area contributed by atoms with Crippen molar-refractivity contribution in [2.75, 3.05) is 0 Å². The highest BCUT2D eigenvalue weighted by molar-refractivity contribution is 6.25. The topological polar surface area (TPSA) is 72.9 Å². The number of amidine groups is 2. The van der Waals surface area contributed by atoms with Crippen molar-refractivity contribution in [2.45, 2.75) is 6.17 Å². The van der Waals surface area contributed by atoms with Gasteiger partial charge in [-0.2, -0.15) is 0 Å². The first kappa shape index (κ1) is 37.1. The Morgan fingerprint density at radius 3 is 1.87 bits per heavy atom. The van der Waals surface area contributed by atoms with E-state index < -0.39 is 6.17 Å². The molecule has 0 bridgehead atoms. The molecule has 14 aromatic rings. The summed E-state index contributed by atoms with van der Waals surface area (Å²) in [5, 5.41) is 15.0. The molecule has 1 atom stereocenters. The third-order valence-corrected chi connectivity index (χ3v) is 13.9. The van der Waals surface area contributed by atoms with Crippen LogP contribution in [0.15, 0.2) is 231 Å². The van der Waals surface area contributed by atoms with Crippen molar-refractivity contribution < 1.29 is 8.83 Å². The van der Waals surface area contributed by atoms with Crippen LogP contribution in [0.25, 0.3) is 110 Å². The lowest BCUT2D eigenvalue weighted by molar-refractivity contribution is 0.628. The number of aromatic nitrogens is 2. The van der Waals surface area contributed by atoms with E-state index in [1.807, 2.05) is 24.3 Å². The molecule has 10 aromatic carbocycles. The predicted octanol–water partition coefficient (Wildman–Crippen LogP) is 15.3. The number of benzene rings is 10. The average Bonchev–Trinajstić information content (AvgIpc) is 4.15. The van der Waals surface area contributed by atoms with Gasteiger partial charge in [0.15, 0.2) is 12.0 Å². The zero-order valence-electron chi connectivity index (χ0n) is 36.4. The summed E-state index contributed by atoms with van der Waals surface area (Å²) in [6.45, 7) is 0. The molecule has 0 spiro atoms. The molecule has 0 fully saturated rings. The quantitative estimate of drug-likeness (QED) is 0.187. The highest BCUT2D eigenvalue weighted by atomic mass is 16.3. The van der Waals surface area contributed by atoms with E-state index in [0.717, 1.165) is 105 Å². The molecule has 68 heavy (non-hydrogen) atoms. The van der Waals surface area contributed by atoms with Crippen molar-refractivity contribution >= 4 is 110 Å². The summed E-state index contributed by atoms with van der Waals surface area (Å²) in [5.41, 5.74) is 12.3. The zero-order chi connectivity index (χ0) is 44.5. The molecular weight excluding hydrogens is 835 g/mol. The van der Waals surface area contributed by atoms with Gasteiger partial charge in [-0.05, 0) is 71.4 Å². The Morgan fingerprint density at radius 2 is 1.04 bits per heavy atom. The molecule has 1 aliphatic heterocycles. The van der Waals surface area contributed by atoms with Gasteiger partial charge in [-0.15, -0.1) is 0 Å². The molecule has 5 heterocycles. The predicted molar refractivity (Wildman–Crippen MR) is 279 cm³/mol. The van der Waals surface area contributed by atoms with Crippen molar-refractivity contribution in [3.8, 4) is 11.4 Å². The Hall–Kier alpha value is -9.20. The summed E-state index contributed by atoms with van der Waals surface area (Å²) in [6, 6.07) is 74.9. The molecule has 0 aliphatic carbocycles. The van der Waals surface area contributed by atoms with Crippen LogP contribution >= 0.6 is 0 Å². The highest BCUT2D eigenvalue weighted by Crippen LogP contribution is 2.42. The number of hydrogen-bond donors (Lipinski definition) is 1. The lowest BCUT2D eigenvalue weighted by Gasteiger charge is -2.25. The van der Waals surface area contributed by atoms with Crippen LogP contribution < -0.4 is 5.32 Å². The van der Waals surface area contributed by atoms with Crippen molar-refractivity contribution in [3.63, 3.8) is 0 Å². The second-order valence-corrected chi connectivity index (χ2v) is 17.7. The fraction of sp³-hybridized carbons (Fsp3) is 0.0164. The number of fused-ring (bicyclic) bond motifs is 13. The van der Waals surface area contributed by atoms with Crippen LogP contribution in [-0.2, 0) is 0 Å². The van der Waals surface area contributed by atoms with E-state index in [1.165, 1.54) is 21.5 Å². The lowest BCUT2D eigenvalue weighted by atomic mass is 10.0. The van der Waals surface area contributed by atoms with Gasteiger partial charge in [0.05, 0.1) is 27.8 Å². The number of nitrogens with zero attached hydrogens (tertiary/aromatic N) is 4. The fourth-order valence-corrected chi connectivity index (χ4v) is 11.0. The molecule has 0 amide bonds. The van der Waals surface area contributed by atoms with Gasteiger partial charge in [-0.25, -0.2) is 9.98 Å². The average molecular weight is 872 g/mol. The van der Waals surface area contributed by atoms with Crippen LogP contribution in [0.1, 0.15) is 22.9 Å². The smallest absolute Gasteiger partial charge is 0.161 e. The van der Waals surface area contributed by atoms with Crippen molar-refractivity contribution in [1.29, 1.82) is 0 Å². The first-order valence-electron chi connectivity index (χ1n) is 23.0. The monoisotopic (exact) mass is 871 g/mol. The summed E-state index contributed by atoms with van der Waals surface area (Å²) in [4.78, 5) is 11.3. The van der Waals surface area contributed by atoms with E-state index in [4.69, 9.17) is 18.8 Å². The van der Waals surface area contributed by atoms with Crippen LogP contribution in [0.2, 0.25) is 0 Å². The van der Waals surface area contributed by atoms with E-state index >= 15 is 0 Å². The molecule has 0 saturated carbocycles. The Labute approximate surface area is 388 Å². The summed E-state index contributed by atoms with van der Waals surface area (Å²) < 4.78 is 18.3. The number of rotatable bonds is 5. The van der Waals surface area contributed by atoms with Crippen LogP contribution in [-0.4, -0.2) is 20.8 Å². The van der Waals surface area contributed by atoms with Crippen LogP contribution in [0.5, 0.6) is 0 Å². The molecule has 1 N–H and O–H groups in total. The SMILES string of the molecule is c1ccc(-n2c3ccccc3c3cccc(C4=NC(c5cccc6c5oc5ccccc56)NC(c5cc(-n6c7ccccc7c7cc8ccccc8cc76)cc6oc7ccccc7c56)=N4)c32)cc1. The lowest BCUT2D eigenvalue weighted by Crippen LogP contribution is -2.34. The van der Waals surface area contributed by atoms with E-state index in [9.17, 15) is 0 Å². The van der Waals surface area contributed by atoms with Gasteiger partial charge in [0.2, 0.25) is 0 Å². The Balaban J connectivity index is 1.04. The molecule has 0 radical (unpaired) electrons. The minimum Gasteiger partial charge on any atom is -0.456 e. The third kappa shape index (κ3) is 5.35. The molecule has 0 saturated heterocycles. The molecular formula is C61H37N5O2. The molecule has 15 rings (SSSR count). The van der Waals surface area contributed by atoms with Gasteiger partial charge >= 0.3 is 0 Å². The standard InChI is InChI=1S/C61H37N5O2/c1-2-18-38(19-3-1)66-51-29-11-6-20-40(51)43-24-14-26-46(57(43)66)59-62-60(47-27-15-25-44-42-22-8-12-30-53(42)68-58(44)47)64-61(63-59)49-34-39(35-55-56(49)45-23-9-13-31-54(45)67-55)65-50-28-10-7-21-41(50)48-32-36-16-4-5-17-37(36)33-52(48)65/h1-35,60H,(H,62,63,64). The molecule has 318 valence electrons. The third-order valence-electron chi connectivity index (χ3n) is 13.9. The minimum absolute atomic E-state index is 0.581. The molecule has 1 unspecified atom stereocenters. The largest absolute Gasteiger partial charge is 0.456 e. The van der Waals surface area contributed by atoms with E-state index in [2.05, 4.69) is 203 Å². The fourth-order valence-electron chi connectivity index (χ4n) is 11.0. The molecule has 7 heteroatoms. The second kappa shape index (κ2) is 14.1. The number of furan rings is 2. The summed E-state index contributed by atoms with van der Waals surface area (Å²) in [7, 11) is 0. The summed E-state index contributed by atoms with van der Waals surface area (Å²) in [6.07, 6.45) is -0.581. The van der Waals surface area contributed by atoms with E-state index in [1.54, 1.807) is 0 Å². The number of hydrogen-bond acceptors (Lipinski definition) is 5. The van der Waals surface area contributed by atoms with Crippen molar-refractivity contribution in [1.82, 2.24) is 14.5 Å².